The smallest absolute Gasteiger partial charge is 0.345 e. The molecule has 0 saturated heterocycles. The van der Waals surface area contributed by atoms with Crippen molar-refractivity contribution in [3.8, 4) is 0 Å². The van der Waals surface area contributed by atoms with Crippen LogP contribution in [-0.4, -0.2) is 25.0 Å². The third-order valence-corrected chi connectivity index (χ3v) is 2.37. The molecule has 1 heterocycles. The Morgan fingerprint density at radius 1 is 1.35 bits per heavy atom. The van der Waals surface area contributed by atoms with Crippen molar-refractivity contribution in [2.45, 2.75) is 6.92 Å². The van der Waals surface area contributed by atoms with Crippen molar-refractivity contribution in [2.75, 3.05) is 13.2 Å². The summed E-state index contributed by atoms with van der Waals surface area (Å²) in [4.78, 5) is 23.2. The van der Waals surface area contributed by atoms with Crippen LogP contribution in [0.1, 0.15) is 12.5 Å². The summed E-state index contributed by atoms with van der Waals surface area (Å²) in [7, 11) is 0. The van der Waals surface area contributed by atoms with Gasteiger partial charge in [-0.1, -0.05) is 30.3 Å². The van der Waals surface area contributed by atoms with E-state index in [0.29, 0.717) is 11.3 Å². The molecule has 88 valence electrons. The van der Waals surface area contributed by atoms with Gasteiger partial charge in [-0.15, -0.1) is 0 Å². The molecule has 0 spiro atoms. The summed E-state index contributed by atoms with van der Waals surface area (Å²) < 4.78 is 10.1. The molecular weight excluding hydrogens is 220 g/mol. The minimum Gasteiger partial charge on any atom is -0.484 e. The summed E-state index contributed by atoms with van der Waals surface area (Å²) in [6.07, 6.45) is 0. The van der Waals surface area contributed by atoms with Crippen LogP contribution in [0.25, 0.3) is 5.76 Å². The van der Waals surface area contributed by atoms with E-state index in [1.807, 2.05) is 18.2 Å². The first-order valence-corrected chi connectivity index (χ1v) is 5.37. The summed E-state index contributed by atoms with van der Waals surface area (Å²) in [5.74, 6) is -0.634. The predicted molar refractivity (Wildman–Crippen MR) is 61.0 cm³/mol. The third-order valence-electron chi connectivity index (χ3n) is 2.37. The molecule has 0 aromatic heterocycles. The van der Waals surface area contributed by atoms with Crippen molar-refractivity contribution in [1.29, 1.82) is 0 Å². The Morgan fingerprint density at radius 2 is 2.06 bits per heavy atom. The lowest BCUT2D eigenvalue weighted by molar-refractivity contribution is -0.139. The van der Waals surface area contributed by atoms with E-state index in [4.69, 9.17) is 9.47 Å². The molecule has 1 aromatic carbocycles. The van der Waals surface area contributed by atoms with Crippen LogP contribution in [0.5, 0.6) is 0 Å². The van der Waals surface area contributed by atoms with Crippen molar-refractivity contribution in [3.63, 3.8) is 0 Å². The molecule has 0 bridgehead atoms. The van der Waals surface area contributed by atoms with Crippen molar-refractivity contribution in [1.82, 2.24) is 0 Å². The lowest BCUT2D eigenvalue weighted by Crippen LogP contribution is -2.14. The zero-order valence-corrected chi connectivity index (χ0v) is 9.43. The van der Waals surface area contributed by atoms with Crippen LogP contribution < -0.4 is 0 Å². The van der Waals surface area contributed by atoms with Crippen LogP contribution in [0, 0.1) is 0 Å². The second-order valence-corrected chi connectivity index (χ2v) is 3.50. The number of rotatable bonds is 3. The van der Waals surface area contributed by atoms with Crippen LogP contribution in [0.15, 0.2) is 35.9 Å². The SMILES string of the molecule is CCOC(=O)C1=C(c2ccccc2)OCC1=O. The van der Waals surface area contributed by atoms with Gasteiger partial charge in [0.25, 0.3) is 0 Å². The van der Waals surface area contributed by atoms with Gasteiger partial charge in [0, 0.05) is 5.56 Å². The van der Waals surface area contributed by atoms with E-state index in [-0.39, 0.29) is 24.6 Å². The molecule has 0 fully saturated rings. The standard InChI is InChI=1S/C13H12O4/c1-2-16-13(15)11-10(14)8-17-12(11)9-6-4-3-5-7-9/h3-7H,2,8H2,1H3. The second-order valence-electron chi connectivity index (χ2n) is 3.50. The quantitative estimate of drug-likeness (QED) is 0.586. The van der Waals surface area contributed by atoms with Crippen molar-refractivity contribution in [2.24, 2.45) is 0 Å². The summed E-state index contributed by atoms with van der Waals surface area (Å²) in [6, 6.07) is 9.06. The Morgan fingerprint density at radius 3 is 2.71 bits per heavy atom. The van der Waals surface area contributed by atoms with E-state index in [9.17, 15) is 9.59 Å². The fraction of sp³-hybridized carbons (Fsp3) is 0.231. The summed E-state index contributed by atoms with van der Waals surface area (Å²) in [5, 5.41) is 0. The largest absolute Gasteiger partial charge is 0.484 e. The molecule has 4 nitrogen and oxygen atoms in total. The third kappa shape index (κ3) is 2.20. The summed E-state index contributed by atoms with van der Waals surface area (Å²) in [5.41, 5.74) is 0.722. The molecule has 0 amide bonds. The highest BCUT2D eigenvalue weighted by Gasteiger charge is 2.32. The number of carbonyl (C=O) groups is 2. The molecule has 1 aromatic rings. The number of benzene rings is 1. The molecule has 0 N–H and O–H groups in total. The van der Waals surface area contributed by atoms with Crippen LogP contribution in [0.2, 0.25) is 0 Å². The minimum absolute atomic E-state index is 0.0121. The Balaban J connectivity index is 2.41. The van der Waals surface area contributed by atoms with E-state index < -0.39 is 5.97 Å². The fourth-order valence-corrected chi connectivity index (χ4v) is 1.64. The highest BCUT2D eigenvalue weighted by Crippen LogP contribution is 2.26. The first-order valence-electron chi connectivity index (χ1n) is 5.37. The van der Waals surface area contributed by atoms with Gasteiger partial charge in [-0.2, -0.15) is 0 Å². The molecule has 1 aliphatic heterocycles. The Bertz CT molecular complexity index is 473. The monoisotopic (exact) mass is 232 g/mol. The second kappa shape index (κ2) is 4.82. The van der Waals surface area contributed by atoms with Gasteiger partial charge in [-0.05, 0) is 6.92 Å². The molecule has 2 rings (SSSR count). The van der Waals surface area contributed by atoms with E-state index >= 15 is 0 Å². The maximum Gasteiger partial charge on any atom is 0.345 e. The number of ether oxygens (including phenoxy) is 2. The van der Waals surface area contributed by atoms with Crippen LogP contribution >= 0.6 is 0 Å². The average Bonchev–Trinajstić information content (AvgIpc) is 2.73. The van der Waals surface area contributed by atoms with Crippen LogP contribution in [0.3, 0.4) is 0 Å². The predicted octanol–water partition coefficient (Wildman–Crippen LogP) is 1.56. The fourth-order valence-electron chi connectivity index (χ4n) is 1.64. The molecule has 0 atom stereocenters. The zero-order valence-electron chi connectivity index (χ0n) is 9.43. The molecule has 0 radical (unpaired) electrons. The van der Waals surface area contributed by atoms with Gasteiger partial charge in [-0.3, -0.25) is 4.79 Å². The number of ketones is 1. The zero-order chi connectivity index (χ0) is 12.3. The van der Waals surface area contributed by atoms with Crippen LogP contribution in [0.4, 0.5) is 0 Å². The molecule has 0 unspecified atom stereocenters. The number of esters is 1. The van der Waals surface area contributed by atoms with Crippen molar-refractivity contribution in [3.05, 3.63) is 41.5 Å². The van der Waals surface area contributed by atoms with E-state index in [1.165, 1.54) is 0 Å². The average molecular weight is 232 g/mol. The molecular formula is C13H12O4. The first kappa shape index (κ1) is 11.4. The Hall–Kier alpha value is -2.10. The maximum absolute atomic E-state index is 11.7. The van der Waals surface area contributed by atoms with E-state index in [0.717, 1.165) is 0 Å². The topological polar surface area (TPSA) is 52.6 Å². The van der Waals surface area contributed by atoms with Gasteiger partial charge in [0.05, 0.1) is 6.61 Å². The lowest BCUT2D eigenvalue weighted by Gasteiger charge is -2.04. The summed E-state index contributed by atoms with van der Waals surface area (Å²) in [6.45, 7) is 1.83. The highest BCUT2D eigenvalue weighted by atomic mass is 16.5. The molecule has 0 saturated carbocycles. The van der Waals surface area contributed by atoms with Gasteiger partial charge >= 0.3 is 5.97 Å². The van der Waals surface area contributed by atoms with Crippen molar-refractivity contribution >= 4 is 17.5 Å². The van der Waals surface area contributed by atoms with Crippen molar-refractivity contribution < 1.29 is 19.1 Å². The highest BCUT2D eigenvalue weighted by molar-refractivity contribution is 6.24. The van der Waals surface area contributed by atoms with E-state index in [1.54, 1.807) is 19.1 Å². The Labute approximate surface area is 98.8 Å². The van der Waals surface area contributed by atoms with Gasteiger partial charge < -0.3 is 9.47 Å². The molecule has 17 heavy (non-hydrogen) atoms. The van der Waals surface area contributed by atoms with Gasteiger partial charge in [0.1, 0.15) is 11.3 Å². The summed E-state index contributed by atoms with van der Waals surface area (Å²) >= 11 is 0. The van der Waals surface area contributed by atoms with Gasteiger partial charge in [0.2, 0.25) is 5.78 Å². The Kier molecular flexibility index (Phi) is 3.23. The molecule has 1 aliphatic rings. The van der Waals surface area contributed by atoms with E-state index in [2.05, 4.69) is 0 Å². The minimum atomic E-state index is -0.617. The lowest BCUT2D eigenvalue weighted by atomic mass is 10.1. The molecule has 4 heteroatoms. The number of Topliss-reactive ketones (excluding diaryl/α,β-unsaturated/α-hetero) is 1. The maximum atomic E-state index is 11.7. The number of hydrogen-bond donors (Lipinski definition) is 0. The normalized spacial score (nSPS) is 14.8. The molecule has 0 aliphatic carbocycles. The first-order chi connectivity index (χ1) is 8.24. The number of hydrogen-bond acceptors (Lipinski definition) is 4. The van der Waals surface area contributed by atoms with Gasteiger partial charge in [-0.25, -0.2) is 4.79 Å². The number of carbonyl (C=O) groups excluding carboxylic acids is 2. The van der Waals surface area contributed by atoms with Crippen LogP contribution in [-0.2, 0) is 19.1 Å². The van der Waals surface area contributed by atoms with Gasteiger partial charge in [0.15, 0.2) is 6.61 Å².